The fraction of sp³-hybridized carbons (Fsp3) is 0.333. The molecule has 1 aromatic rings. The summed E-state index contributed by atoms with van der Waals surface area (Å²) in [5.41, 5.74) is 0.417. The van der Waals surface area contributed by atoms with Gasteiger partial charge in [0.2, 0.25) is 0 Å². The van der Waals surface area contributed by atoms with Gasteiger partial charge >= 0.3 is 0 Å². The number of nitro groups is 1. The molecule has 0 bridgehead atoms. The monoisotopic (exact) mass is 230 g/mol. The molecule has 1 rings (SSSR count). The highest BCUT2D eigenvalue weighted by molar-refractivity contribution is 6.31. The van der Waals surface area contributed by atoms with Gasteiger partial charge in [-0.05, 0) is 12.1 Å². The summed E-state index contributed by atoms with van der Waals surface area (Å²) >= 11 is 5.74. The summed E-state index contributed by atoms with van der Waals surface area (Å²) in [6.07, 6.45) is 0. The van der Waals surface area contributed by atoms with Gasteiger partial charge in [-0.1, -0.05) is 11.6 Å². The molecular weight excluding hydrogens is 220 g/mol. The standard InChI is InChI=1S/C9H11ClN2O3/c1-15-5-4-11-8-6-7(10)2-3-9(8)12(13)14/h2-3,6,11H,4-5H2,1H3. The molecular formula is C9H11ClN2O3. The molecule has 1 aromatic carbocycles. The molecule has 1 N–H and O–H groups in total. The lowest BCUT2D eigenvalue weighted by Gasteiger charge is -2.06. The van der Waals surface area contributed by atoms with E-state index in [1.165, 1.54) is 18.2 Å². The predicted molar refractivity (Wildman–Crippen MR) is 58.5 cm³/mol. The average Bonchev–Trinajstić information content (AvgIpc) is 2.18. The van der Waals surface area contributed by atoms with Crippen molar-refractivity contribution in [2.24, 2.45) is 0 Å². The van der Waals surface area contributed by atoms with E-state index in [4.69, 9.17) is 16.3 Å². The lowest BCUT2D eigenvalue weighted by atomic mass is 10.2. The number of methoxy groups -OCH3 is 1. The van der Waals surface area contributed by atoms with Gasteiger partial charge in [0.1, 0.15) is 5.69 Å². The van der Waals surface area contributed by atoms with Crippen molar-refractivity contribution in [2.75, 3.05) is 25.6 Å². The summed E-state index contributed by atoms with van der Waals surface area (Å²) in [5.74, 6) is 0. The van der Waals surface area contributed by atoms with Crippen molar-refractivity contribution in [3.05, 3.63) is 33.3 Å². The van der Waals surface area contributed by atoms with Crippen molar-refractivity contribution in [3.8, 4) is 0 Å². The largest absolute Gasteiger partial charge is 0.383 e. The molecule has 5 nitrogen and oxygen atoms in total. The minimum Gasteiger partial charge on any atom is -0.383 e. The molecule has 0 amide bonds. The Hall–Kier alpha value is -1.33. The van der Waals surface area contributed by atoms with E-state index in [2.05, 4.69) is 5.32 Å². The molecule has 0 aliphatic carbocycles. The van der Waals surface area contributed by atoms with Crippen LogP contribution >= 0.6 is 11.6 Å². The number of benzene rings is 1. The third-order valence-electron chi connectivity index (χ3n) is 1.78. The first-order valence-corrected chi connectivity index (χ1v) is 4.69. The number of hydrogen-bond donors (Lipinski definition) is 1. The fourth-order valence-corrected chi connectivity index (χ4v) is 1.27. The average molecular weight is 231 g/mol. The molecule has 0 aliphatic rings. The third kappa shape index (κ3) is 3.38. The van der Waals surface area contributed by atoms with Gasteiger partial charge in [0, 0.05) is 24.7 Å². The van der Waals surface area contributed by atoms with Gasteiger partial charge in [-0.15, -0.1) is 0 Å². The van der Waals surface area contributed by atoms with Gasteiger partial charge in [-0.2, -0.15) is 0 Å². The molecule has 0 atom stereocenters. The number of rotatable bonds is 5. The van der Waals surface area contributed by atoms with Crippen molar-refractivity contribution in [1.29, 1.82) is 0 Å². The summed E-state index contributed by atoms with van der Waals surface area (Å²) < 4.78 is 4.83. The van der Waals surface area contributed by atoms with Crippen LogP contribution in [0.2, 0.25) is 5.02 Å². The second-order valence-corrected chi connectivity index (χ2v) is 3.27. The van der Waals surface area contributed by atoms with E-state index in [0.29, 0.717) is 23.9 Å². The van der Waals surface area contributed by atoms with Gasteiger partial charge in [0.15, 0.2) is 0 Å². The van der Waals surface area contributed by atoms with Gasteiger partial charge < -0.3 is 10.1 Å². The third-order valence-corrected chi connectivity index (χ3v) is 2.01. The number of ether oxygens (including phenoxy) is 1. The summed E-state index contributed by atoms with van der Waals surface area (Å²) in [6.45, 7) is 0.974. The summed E-state index contributed by atoms with van der Waals surface area (Å²) in [6, 6.07) is 4.38. The lowest BCUT2D eigenvalue weighted by molar-refractivity contribution is -0.384. The maximum absolute atomic E-state index is 10.7. The van der Waals surface area contributed by atoms with Crippen LogP contribution in [-0.2, 0) is 4.74 Å². The van der Waals surface area contributed by atoms with Crippen molar-refractivity contribution >= 4 is 23.0 Å². The Morgan fingerprint density at radius 1 is 1.60 bits per heavy atom. The van der Waals surface area contributed by atoms with E-state index >= 15 is 0 Å². The minimum atomic E-state index is -0.453. The quantitative estimate of drug-likeness (QED) is 0.479. The molecule has 0 radical (unpaired) electrons. The second kappa shape index (κ2) is 5.53. The number of halogens is 1. The van der Waals surface area contributed by atoms with E-state index in [-0.39, 0.29) is 5.69 Å². The smallest absolute Gasteiger partial charge is 0.292 e. The Labute approximate surface area is 92.1 Å². The Morgan fingerprint density at radius 3 is 2.93 bits per heavy atom. The highest BCUT2D eigenvalue weighted by Gasteiger charge is 2.12. The number of nitrogens with zero attached hydrogens (tertiary/aromatic N) is 1. The van der Waals surface area contributed by atoms with E-state index in [0.717, 1.165) is 0 Å². The molecule has 0 heterocycles. The van der Waals surface area contributed by atoms with Crippen LogP contribution in [0, 0.1) is 10.1 Å². The van der Waals surface area contributed by atoms with Crippen LogP contribution in [0.5, 0.6) is 0 Å². The SMILES string of the molecule is COCCNc1cc(Cl)ccc1[N+](=O)[O-]. The van der Waals surface area contributed by atoms with Crippen molar-refractivity contribution in [1.82, 2.24) is 0 Å². The van der Waals surface area contributed by atoms with Crippen molar-refractivity contribution < 1.29 is 9.66 Å². The molecule has 0 unspecified atom stereocenters. The number of nitrogens with one attached hydrogen (secondary N) is 1. The van der Waals surface area contributed by atoms with Crippen LogP contribution < -0.4 is 5.32 Å². The highest BCUT2D eigenvalue weighted by atomic mass is 35.5. The first-order chi connectivity index (χ1) is 7.15. The molecule has 0 aromatic heterocycles. The van der Waals surface area contributed by atoms with Crippen LogP contribution in [0.15, 0.2) is 18.2 Å². The van der Waals surface area contributed by atoms with Crippen LogP contribution in [0.3, 0.4) is 0 Å². The zero-order valence-corrected chi connectivity index (χ0v) is 8.95. The van der Waals surface area contributed by atoms with E-state index in [9.17, 15) is 10.1 Å². The molecule has 15 heavy (non-hydrogen) atoms. The Morgan fingerprint density at radius 2 is 2.33 bits per heavy atom. The topological polar surface area (TPSA) is 64.4 Å². The second-order valence-electron chi connectivity index (χ2n) is 2.84. The van der Waals surface area contributed by atoms with E-state index in [1.807, 2.05) is 0 Å². The zero-order chi connectivity index (χ0) is 11.3. The molecule has 0 saturated carbocycles. The molecule has 0 saturated heterocycles. The molecule has 6 heteroatoms. The summed E-state index contributed by atoms with van der Waals surface area (Å²) in [4.78, 5) is 10.2. The lowest BCUT2D eigenvalue weighted by Crippen LogP contribution is -2.09. The maximum atomic E-state index is 10.7. The van der Waals surface area contributed by atoms with Crippen LogP contribution in [0.4, 0.5) is 11.4 Å². The normalized spacial score (nSPS) is 10.0. The van der Waals surface area contributed by atoms with E-state index < -0.39 is 4.92 Å². The minimum absolute atomic E-state index is 0.00973. The first-order valence-electron chi connectivity index (χ1n) is 4.32. The predicted octanol–water partition coefficient (Wildman–Crippen LogP) is 2.31. The van der Waals surface area contributed by atoms with E-state index in [1.54, 1.807) is 7.11 Å². The first kappa shape index (κ1) is 11.7. The fourth-order valence-electron chi connectivity index (χ4n) is 1.10. The number of hydrogen-bond acceptors (Lipinski definition) is 4. The van der Waals surface area contributed by atoms with Crippen molar-refractivity contribution in [2.45, 2.75) is 0 Å². The Bertz CT molecular complexity index is 357. The van der Waals surface area contributed by atoms with Crippen LogP contribution in [0.1, 0.15) is 0 Å². The van der Waals surface area contributed by atoms with Gasteiger partial charge in [0.25, 0.3) is 5.69 Å². The van der Waals surface area contributed by atoms with Gasteiger partial charge in [0.05, 0.1) is 11.5 Å². The van der Waals surface area contributed by atoms with Crippen molar-refractivity contribution in [3.63, 3.8) is 0 Å². The summed E-state index contributed by atoms with van der Waals surface area (Å²) in [7, 11) is 1.56. The number of anilines is 1. The molecule has 82 valence electrons. The van der Waals surface area contributed by atoms with Crippen LogP contribution in [0.25, 0.3) is 0 Å². The Balaban J connectivity index is 2.82. The van der Waals surface area contributed by atoms with Gasteiger partial charge in [-0.3, -0.25) is 10.1 Å². The molecule has 0 aliphatic heterocycles. The summed E-state index contributed by atoms with van der Waals surface area (Å²) in [5, 5.41) is 14.0. The van der Waals surface area contributed by atoms with Crippen LogP contribution in [-0.4, -0.2) is 25.2 Å². The highest BCUT2D eigenvalue weighted by Crippen LogP contribution is 2.27. The maximum Gasteiger partial charge on any atom is 0.292 e. The molecule has 0 fully saturated rings. The Kier molecular flexibility index (Phi) is 4.33. The van der Waals surface area contributed by atoms with Gasteiger partial charge in [-0.25, -0.2) is 0 Å². The zero-order valence-electron chi connectivity index (χ0n) is 8.20. The molecule has 0 spiro atoms. The number of nitro benzene ring substituents is 1.